The second-order valence-corrected chi connectivity index (χ2v) is 9.54. The third-order valence-corrected chi connectivity index (χ3v) is 6.63. The van der Waals surface area contributed by atoms with Crippen LogP contribution in [0.25, 0.3) is 33.2 Å². The Morgan fingerprint density at radius 1 is 1.06 bits per heavy atom. The van der Waals surface area contributed by atoms with Crippen molar-refractivity contribution in [3.05, 3.63) is 42.2 Å². The lowest BCUT2D eigenvalue weighted by molar-refractivity contribution is 0.407. The van der Waals surface area contributed by atoms with Gasteiger partial charge in [0.25, 0.3) is 0 Å². The first-order valence-electron chi connectivity index (χ1n) is 11.4. The number of aromatic hydroxyl groups is 1. The summed E-state index contributed by atoms with van der Waals surface area (Å²) in [7, 11) is 1.89. The standard InChI is InChI=1S/C25H28N6O/c1-14-11-31(12-15(2)27-14)18-7-20-19(16-4-5-16)8-23(28-25(20)26-10-18)21-6-17-13-30(3)29-22(17)9-24(21)32/h6-10,13-16,27,32H,4-5,11-12H2,1-3H3. The van der Waals surface area contributed by atoms with E-state index in [0.29, 0.717) is 18.0 Å². The van der Waals surface area contributed by atoms with E-state index in [1.807, 2.05) is 25.5 Å². The van der Waals surface area contributed by atoms with Gasteiger partial charge in [-0.2, -0.15) is 5.10 Å². The second kappa shape index (κ2) is 7.17. The number of benzene rings is 1. The van der Waals surface area contributed by atoms with Crippen molar-refractivity contribution in [1.82, 2.24) is 25.1 Å². The Kier molecular flexibility index (Phi) is 4.37. The molecule has 0 bridgehead atoms. The van der Waals surface area contributed by atoms with Gasteiger partial charge in [0.1, 0.15) is 5.75 Å². The summed E-state index contributed by atoms with van der Waals surface area (Å²) in [5.74, 6) is 0.742. The Morgan fingerprint density at radius 2 is 1.84 bits per heavy atom. The largest absolute Gasteiger partial charge is 0.507 e. The fourth-order valence-corrected chi connectivity index (χ4v) is 5.09. The number of phenolic OH excluding ortho intramolecular Hbond substituents is 1. The van der Waals surface area contributed by atoms with E-state index in [2.05, 4.69) is 41.3 Å². The van der Waals surface area contributed by atoms with E-state index in [0.717, 1.165) is 52.0 Å². The normalized spacial score (nSPS) is 21.5. The molecule has 3 aromatic heterocycles. The molecule has 4 aromatic rings. The van der Waals surface area contributed by atoms with Crippen LogP contribution in [0.1, 0.15) is 38.2 Å². The van der Waals surface area contributed by atoms with Crippen LogP contribution in [0.2, 0.25) is 0 Å². The zero-order valence-corrected chi connectivity index (χ0v) is 18.7. The first-order chi connectivity index (χ1) is 15.4. The maximum absolute atomic E-state index is 10.7. The Balaban J connectivity index is 1.47. The molecular formula is C25H28N6O. The lowest BCUT2D eigenvalue weighted by atomic mass is 10.0. The number of aromatic nitrogens is 4. The molecule has 2 aliphatic rings. The quantitative estimate of drug-likeness (QED) is 0.514. The molecule has 4 heterocycles. The van der Waals surface area contributed by atoms with Crippen LogP contribution < -0.4 is 10.2 Å². The highest BCUT2D eigenvalue weighted by atomic mass is 16.3. The van der Waals surface area contributed by atoms with Crippen LogP contribution in [0.5, 0.6) is 5.75 Å². The maximum Gasteiger partial charge on any atom is 0.160 e. The molecule has 1 aliphatic heterocycles. The molecule has 1 aliphatic carbocycles. The number of hydrogen-bond acceptors (Lipinski definition) is 6. The average Bonchev–Trinajstić information content (AvgIpc) is 3.53. The monoisotopic (exact) mass is 428 g/mol. The predicted molar refractivity (Wildman–Crippen MR) is 127 cm³/mol. The summed E-state index contributed by atoms with van der Waals surface area (Å²) in [5, 5.41) is 20.8. The van der Waals surface area contributed by atoms with Crippen LogP contribution in [-0.4, -0.2) is 50.0 Å². The highest BCUT2D eigenvalue weighted by molar-refractivity contribution is 5.90. The van der Waals surface area contributed by atoms with Crippen LogP contribution >= 0.6 is 0 Å². The fraction of sp³-hybridized carbons (Fsp3) is 0.400. The Morgan fingerprint density at radius 3 is 2.59 bits per heavy atom. The number of fused-ring (bicyclic) bond motifs is 2. The number of anilines is 1. The van der Waals surface area contributed by atoms with Gasteiger partial charge in [-0.1, -0.05) is 0 Å². The number of rotatable bonds is 3. The van der Waals surface area contributed by atoms with E-state index in [4.69, 9.17) is 9.97 Å². The van der Waals surface area contributed by atoms with Crippen molar-refractivity contribution in [2.45, 2.75) is 44.7 Å². The van der Waals surface area contributed by atoms with Crippen LogP contribution in [0.3, 0.4) is 0 Å². The minimum absolute atomic E-state index is 0.199. The average molecular weight is 429 g/mol. The van der Waals surface area contributed by atoms with Gasteiger partial charge < -0.3 is 15.3 Å². The lowest BCUT2D eigenvalue weighted by Gasteiger charge is -2.37. The Labute approximate surface area is 187 Å². The Bertz CT molecular complexity index is 1330. The number of hydrogen-bond donors (Lipinski definition) is 2. The van der Waals surface area contributed by atoms with E-state index in [1.54, 1.807) is 10.7 Å². The zero-order valence-electron chi connectivity index (χ0n) is 18.7. The minimum Gasteiger partial charge on any atom is -0.507 e. The summed E-state index contributed by atoms with van der Waals surface area (Å²) in [4.78, 5) is 12.1. The Hall–Kier alpha value is -3.19. The molecular weight excluding hydrogens is 400 g/mol. The first kappa shape index (κ1) is 19.5. The smallest absolute Gasteiger partial charge is 0.160 e. The van der Waals surface area contributed by atoms with Gasteiger partial charge in [0.05, 0.1) is 23.1 Å². The van der Waals surface area contributed by atoms with E-state index in [1.165, 1.54) is 18.4 Å². The lowest BCUT2D eigenvalue weighted by Crippen LogP contribution is -2.54. The molecule has 2 unspecified atom stereocenters. The molecule has 7 heteroatoms. The number of nitrogens with one attached hydrogen (secondary N) is 1. The highest BCUT2D eigenvalue weighted by Crippen LogP contribution is 2.45. The first-order valence-corrected chi connectivity index (χ1v) is 11.4. The highest BCUT2D eigenvalue weighted by Gasteiger charge is 2.28. The summed E-state index contributed by atoms with van der Waals surface area (Å²) >= 11 is 0. The van der Waals surface area contributed by atoms with Crippen molar-refractivity contribution >= 4 is 27.6 Å². The van der Waals surface area contributed by atoms with Crippen molar-refractivity contribution in [3.63, 3.8) is 0 Å². The van der Waals surface area contributed by atoms with Gasteiger partial charge in [0, 0.05) is 60.8 Å². The van der Waals surface area contributed by atoms with Crippen LogP contribution in [0.15, 0.2) is 36.7 Å². The summed E-state index contributed by atoms with van der Waals surface area (Å²) in [5.41, 5.74) is 5.47. The van der Waals surface area contributed by atoms with Crippen molar-refractivity contribution in [1.29, 1.82) is 0 Å². The molecule has 32 heavy (non-hydrogen) atoms. The summed E-state index contributed by atoms with van der Waals surface area (Å²) in [6, 6.07) is 9.01. The van der Waals surface area contributed by atoms with Crippen LogP contribution in [0, 0.1) is 0 Å². The van der Waals surface area contributed by atoms with E-state index < -0.39 is 0 Å². The van der Waals surface area contributed by atoms with Gasteiger partial charge in [-0.05, 0) is 56.4 Å². The number of pyridine rings is 2. The number of phenols is 1. The van der Waals surface area contributed by atoms with Crippen molar-refractivity contribution in [2.24, 2.45) is 7.05 Å². The van der Waals surface area contributed by atoms with E-state index in [-0.39, 0.29) is 5.75 Å². The number of aryl methyl sites for hydroxylation is 1. The third-order valence-electron chi connectivity index (χ3n) is 6.63. The minimum atomic E-state index is 0.199. The van der Waals surface area contributed by atoms with Gasteiger partial charge in [-0.15, -0.1) is 0 Å². The molecule has 0 spiro atoms. The second-order valence-electron chi connectivity index (χ2n) is 9.54. The molecule has 1 saturated carbocycles. The van der Waals surface area contributed by atoms with Crippen LogP contribution in [0.4, 0.5) is 5.69 Å². The van der Waals surface area contributed by atoms with E-state index >= 15 is 0 Å². The molecule has 0 radical (unpaired) electrons. The number of nitrogens with zero attached hydrogens (tertiary/aromatic N) is 5. The molecule has 7 nitrogen and oxygen atoms in total. The predicted octanol–water partition coefficient (Wildman–Crippen LogP) is 3.95. The summed E-state index contributed by atoms with van der Waals surface area (Å²) in [6.45, 7) is 6.40. The molecule has 164 valence electrons. The summed E-state index contributed by atoms with van der Waals surface area (Å²) in [6.07, 6.45) is 6.29. The van der Waals surface area contributed by atoms with Crippen molar-refractivity contribution in [2.75, 3.05) is 18.0 Å². The molecule has 1 aromatic carbocycles. The SMILES string of the molecule is CC1CN(c2cnc3nc(-c4cc5cn(C)nc5cc4O)cc(C4CC4)c3c2)CC(C)N1. The topological polar surface area (TPSA) is 79.1 Å². The van der Waals surface area contributed by atoms with Gasteiger partial charge >= 0.3 is 0 Å². The molecule has 2 N–H and O–H groups in total. The van der Waals surface area contributed by atoms with Gasteiger partial charge in [0.15, 0.2) is 5.65 Å². The van der Waals surface area contributed by atoms with Crippen molar-refractivity contribution < 1.29 is 5.11 Å². The molecule has 6 rings (SSSR count). The molecule has 2 atom stereocenters. The number of piperazine rings is 1. The third kappa shape index (κ3) is 3.37. The molecule has 1 saturated heterocycles. The van der Waals surface area contributed by atoms with Crippen molar-refractivity contribution in [3.8, 4) is 17.0 Å². The molecule has 0 amide bonds. The zero-order chi connectivity index (χ0) is 22.0. The fourth-order valence-electron chi connectivity index (χ4n) is 5.09. The van der Waals surface area contributed by atoms with Crippen LogP contribution in [-0.2, 0) is 7.05 Å². The van der Waals surface area contributed by atoms with Gasteiger partial charge in [-0.3, -0.25) is 4.68 Å². The van der Waals surface area contributed by atoms with Gasteiger partial charge in [-0.25, -0.2) is 9.97 Å². The van der Waals surface area contributed by atoms with E-state index in [9.17, 15) is 5.11 Å². The maximum atomic E-state index is 10.7. The molecule has 2 fully saturated rings. The summed E-state index contributed by atoms with van der Waals surface area (Å²) < 4.78 is 1.76. The van der Waals surface area contributed by atoms with Gasteiger partial charge in [0.2, 0.25) is 0 Å².